The molecule has 5 aromatic rings. The number of rotatable bonds is 14. The van der Waals surface area contributed by atoms with E-state index in [4.69, 9.17) is 28.9 Å². The van der Waals surface area contributed by atoms with Crippen molar-refractivity contribution in [3.8, 4) is 28.9 Å². The average Bonchev–Trinajstić information content (AvgIpc) is 4.00. The zero-order valence-corrected chi connectivity index (χ0v) is 35.9. The molecule has 2 bridgehead atoms. The normalized spacial score (nSPS) is 21.6. The molecule has 0 spiro atoms. The van der Waals surface area contributed by atoms with Crippen LogP contribution in [0.5, 0.6) is 17.6 Å². The average molecular weight is 835 g/mol. The molecule has 0 aliphatic carbocycles. The number of piperazine rings is 1. The van der Waals surface area contributed by atoms with Gasteiger partial charge in [0.2, 0.25) is 5.91 Å². The smallest absolute Gasteiger partial charge is 0.319 e. The van der Waals surface area contributed by atoms with E-state index in [0.29, 0.717) is 66.2 Å². The number of amides is 1. The van der Waals surface area contributed by atoms with Gasteiger partial charge in [0.1, 0.15) is 35.3 Å². The molecule has 4 aliphatic rings. The second kappa shape index (κ2) is 17.7. The lowest BCUT2D eigenvalue weighted by atomic mass is 9.91. The number of aromatic hydroxyl groups is 1. The van der Waals surface area contributed by atoms with Crippen LogP contribution in [-0.4, -0.2) is 112 Å². The Kier molecular flexibility index (Phi) is 12.0. The largest absolute Gasteiger partial charge is 0.508 e. The summed E-state index contributed by atoms with van der Waals surface area (Å²) in [5.74, 6) is 1.50. The molecule has 0 radical (unpaired) electrons. The van der Waals surface area contributed by atoms with Crippen LogP contribution in [0.15, 0.2) is 47.1 Å². The standard InChI is InChI=1S/C47H59FN8O5/c1-5-31-9-6-10-32-22-35(57)23-36(41(31)32)43-42(48)44-37(25-49-43)45(55-26-33-11-12-34(27-55)50-33)52-47(51-44)60-21-19-54-17-13-30(14-18-54)15-20-59-39-24-38(61-53-39)40(28(2)3)46(58)56-16-7-8-29(56)4/h6,9-10,22-25,28-30,33-34,40,50,57H,5,7-8,11-21,26-27H2,1-4H3/t29-,33?,34?,40?/m1/s1. The van der Waals surface area contributed by atoms with Crippen molar-refractivity contribution in [3.05, 3.63) is 59.7 Å². The molecule has 324 valence electrons. The summed E-state index contributed by atoms with van der Waals surface area (Å²) in [7, 11) is 0. The maximum absolute atomic E-state index is 17.0. The van der Waals surface area contributed by atoms with Gasteiger partial charge in [-0.2, -0.15) is 9.97 Å². The van der Waals surface area contributed by atoms with Crippen LogP contribution in [0, 0.1) is 17.7 Å². The molecule has 13 nitrogen and oxygen atoms in total. The summed E-state index contributed by atoms with van der Waals surface area (Å²) in [6.45, 7) is 14.1. The fourth-order valence-electron chi connectivity index (χ4n) is 10.2. The Morgan fingerprint density at radius 2 is 1.82 bits per heavy atom. The van der Waals surface area contributed by atoms with E-state index in [9.17, 15) is 9.90 Å². The van der Waals surface area contributed by atoms with Crippen molar-refractivity contribution in [1.29, 1.82) is 0 Å². The summed E-state index contributed by atoms with van der Waals surface area (Å²) < 4.78 is 35.0. The molecule has 1 amide bonds. The number of phenolic OH excluding ortho intramolecular Hbond substituents is 1. The third-order valence-electron chi connectivity index (χ3n) is 13.5. The molecule has 3 unspecified atom stereocenters. The van der Waals surface area contributed by atoms with E-state index in [1.807, 2.05) is 36.9 Å². The lowest BCUT2D eigenvalue weighted by Gasteiger charge is -2.34. The summed E-state index contributed by atoms with van der Waals surface area (Å²) in [5.41, 5.74) is 1.89. The number of aryl methyl sites for hydroxylation is 1. The number of phenols is 1. The molecule has 3 aromatic heterocycles. The van der Waals surface area contributed by atoms with Crippen molar-refractivity contribution in [1.82, 2.24) is 35.2 Å². The van der Waals surface area contributed by atoms with Crippen LogP contribution in [-0.2, 0) is 11.2 Å². The predicted molar refractivity (Wildman–Crippen MR) is 233 cm³/mol. The minimum Gasteiger partial charge on any atom is -0.508 e. The Morgan fingerprint density at radius 3 is 2.56 bits per heavy atom. The quantitative estimate of drug-likeness (QED) is 0.115. The maximum atomic E-state index is 17.0. The minimum absolute atomic E-state index is 0.0518. The second-order valence-electron chi connectivity index (χ2n) is 18.0. The number of carbonyl (C=O) groups is 1. The molecular formula is C47H59FN8O5. The van der Waals surface area contributed by atoms with Gasteiger partial charge in [-0.1, -0.05) is 39.0 Å². The zero-order valence-electron chi connectivity index (χ0n) is 35.9. The number of nitrogens with zero attached hydrogens (tertiary/aromatic N) is 7. The van der Waals surface area contributed by atoms with Gasteiger partial charge in [0.15, 0.2) is 11.6 Å². The molecule has 2 N–H and O–H groups in total. The van der Waals surface area contributed by atoms with Crippen LogP contribution in [0.3, 0.4) is 0 Å². The van der Waals surface area contributed by atoms with Gasteiger partial charge in [0, 0.05) is 62.1 Å². The Labute approximate surface area is 357 Å². The number of hydrogen-bond donors (Lipinski definition) is 2. The topological polar surface area (TPSA) is 142 Å². The van der Waals surface area contributed by atoms with Gasteiger partial charge >= 0.3 is 6.01 Å². The maximum Gasteiger partial charge on any atom is 0.319 e. The molecule has 7 heterocycles. The SMILES string of the molecule is CCc1cccc2cc(O)cc(-c3ncc4c(N5CC6CCC(C5)N6)nc(OCCN5CCC(CCOc6cc(C(C(=O)N7CCC[C@H]7C)C(C)C)on6)CC5)nc4c3F)c12. The van der Waals surface area contributed by atoms with Gasteiger partial charge in [-0.3, -0.25) is 14.7 Å². The molecule has 4 fully saturated rings. The van der Waals surface area contributed by atoms with Crippen LogP contribution in [0.4, 0.5) is 10.2 Å². The Hall–Kier alpha value is -5.08. The van der Waals surface area contributed by atoms with Crippen molar-refractivity contribution >= 4 is 33.4 Å². The number of aromatic nitrogens is 4. The van der Waals surface area contributed by atoms with E-state index in [1.165, 1.54) is 0 Å². The molecule has 0 saturated carbocycles. The first-order valence-corrected chi connectivity index (χ1v) is 22.5. The molecule has 4 saturated heterocycles. The minimum atomic E-state index is -0.556. The highest BCUT2D eigenvalue weighted by atomic mass is 19.1. The van der Waals surface area contributed by atoms with Crippen molar-refractivity contribution in [2.75, 3.05) is 57.4 Å². The predicted octanol–water partition coefficient (Wildman–Crippen LogP) is 7.49. The Bertz CT molecular complexity index is 2350. The van der Waals surface area contributed by atoms with Gasteiger partial charge in [-0.15, -0.1) is 0 Å². The number of pyridine rings is 1. The number of halogens is 1. The van der Waals surface area contributed by atoms with Crippen LogP contribution >= 0.6 is 0 Å². The number of anilines is 1. The van der Waals surface area contributed by atoms with Gasteiger partial charge in [0.05, 0.1) is 12.0 Å². The number of benzene rings is 2. The van der Waals surface area contributed by atoms with E-state index in [0.717, 1.165) is 100 Å². The Balaban J connectivity index is 0.839. The first-order chi connectivity index (χ1) is 29.6. The lowest BCUT2D eigenvalue weighted by Crippen LogP contribution is -2.51. The van der Waals surface area contributed by atoms with Gasteiger partial charge in [-0.25, -0.2) is 4.39 Å². The lowest BCUT2D eigenvalue weighted by molar-refractivity contribution is -0.134. The Morgan fingerprint density at radius 1 is 1.02 bits per heavy atom. The van der Waals surface area contributed by atoms with E-state index < -0.39 is 5.82 Å². The molecule has 4 aliphatic heterocycles. The van der Waals surface area contributed by atoms with Crippen molar-refractivity contribution in [2.45, 2.75) is 103 Å². The highest BCUT2D eigenvalue weighted by Gasteiger charge is 2.37. The van der Waals surface area contributed by atoms with Gasteiger partial charge in [0.25, 0.3) is 5.88 Å². The monoisotopic (exact) mass is 834 g/mol. The van der Waals surface area contributed by atoms with Gasteiger partial charge in [-0.05, 0) is 117 Å². The number of nitrogens with one attached hydrogen (secondary N) is 1. The van der Waals surface area contributed by atoms with E-state index in [2.05, 4.69) is 34.1 Å². The number of hydrogen-bond acceptors (Lipinski definition) is 12. The fraction of sp³-hybridized carbons (Fsp3) is 0.553. The first-order valence-electron chi connectivity index (χ1n) is 22.5. The van der Waals surface area contributed by atoms with E-state index in [-0.39, 0.29) is 46.8 Å². The van der Waals surface area contributed by atoms with E-state index in [1.54, 1.807) is 24.4 Å². The number of carbonyl (C=O) groups excluding carboxylic acids is 1. The second-order valence-corrected chi connectivity index (χ2v) is 18.0. The van der Waals surface area contributed by atoms with Crippen molar-refractivity contribution in [3.63, 3.8) is 0 Å². The summed E-state index contributed by atoms with van der Waals surface area (Å²) in [6.07, 6.45) is 9.69. The number of fused-ring (bicyclic) bond motifs is 4. The summed E-state index contributed by atoms with van der Waals surface area (Å²) in [4.78, 5) is 34.3. The fourth-order valence-corrected chi connectivity index (χ4v) is 10.2. The van der Waals surface area contributed by atoms with E-state index >= 15 is 4.39 Å². The molecule has 61 heavy (non-hydrogen) atoms. The highest BCUT2D eigenvalue weighted by molar-refractivity contribution is 6.01. The number of piperidine rings is 1. The number of likely N-dealkylation sites (tertiary alicyclic amines) is 2. The highest BCUT2D eigenvalue weighted by Crippen LogP contribution is 2.39. The van der Waals surface area contributed by atoms with Gasteiger partial charge < -0.3 is 34.2 Å². The van der Waals surface area contributed by atoms with Crippen molar-refractivity contribution < 1.29 is 28.3 Å². The first kappa shape index (κ1) is 41.3. The molecule has 9 rings (SSSR count). The molecule has 4 atom stereocenters. The van der Waals surface area contributed by atoms with Crippen LogP contribution < -0.4 is 19.7 Å². The summed E-state index contributed by atoms with van der Waals surface area (Å²) in [5, 5.41) is 20.8. The summed E-state index contributed by atoms with van der Waals surface area (Å²) >= 11 is 0. The van der Waals surface area contributed by atoms with Crippen LogP contribution in [0.2, 0.25) is 0 Å². The number of ether oxygens (including phenoxy) is 2. The third-order valence-corrected chi connectivity index (χ3v) is 13.5. The third kappa shape index (κ3) is 8.58. The van der Waals surface area contributed by atoms with Crippen molar-refractivity contribution in [2.24, 2.45) is 11.8 Å². The molecule has 2 aromatic carbocycles. The van der Waals surface area contributed by atoms with Crippen LogP contribution in [0.25, 0.3) is 32.9 Å². The van der Waals surface area contributed by atoms with Crippen LogP contribution in [0.1, 0.15) is 89.9 Å². The molecular weight excluding hydrogens is 776 g/mol. The zero-order chi connectivity index (χ0) is 42.2. The molecule has 14 heteroatoms. The summed E-state index contributed by atoms with van der Waals surface area (Å²) in [6, 6.07) is 12.1.